The van der Waals surface area contributed by atoms with Crippen molar-refractivity contribution in [3.8, 4) is 0 Å². The number of nitrogens with zero attached hydrogens (tertiary/aromatic N) is 1. The van der Waals surface area contributed by atoms with E-state index in [4.69, 9.17) is 0 Å². The van der Waals surface area contributed by atoms with Crippen molar-refractivity contribution in [2.24, 2.45) is 5.92 Å². The van der Waals surface area contributed by atoms with E-state index in [2.05, 4.69) is 38.2 Å². The quantitative estimate of drug-likeness (QED) is 0.167. The molecule has 2 heteroatoms. The summed E-state index contributed by atoms with van der Waals surface area (Å²) in [6.07, 6.45) is 30.7. The number of likely N-dealkylation sites (tertiary alicyclic amines) is 1. The van der Waals surface area contributed by atoms with E-state index in [1.165, 1.54) is 77.0 Å². The van der Waals surface area contributed by atoms with Crippen LogP contribution in [0.4, 0.5) is 0 Å². The minimum Gasteiger partial charge on any atom is -0.343 e. The first-order valence-electron chi connectivity index (χ1n) is 12.8. The lowest BCUT2D eigenvalue weighted by Crippen LogP contribution is -2.27. The van der Waals surface area contributed by atoms with Crippen molar-refractivity contribution >= 4 is 5.91 Å². The second-order valence-corrected chi connectivity index (χ2v) is 9.30. The first-order chi connectivity index (χ1) is 14.2. The molecular weight excluding hydrogens is 354 g/mol. The summed E-state index contributed by atoms with van der Waals surface area (Å²) in [5.41, 5.74) is 0. The van der Waals surface area contributed by atoms with E-state index in [1.807, 2.05) is 4.90 Å². The molecule has 1 aliphatic rings. The Morgan fingerprint density at radius 2 is 1.17 bits per heavy atom. The van der Waals surface area contributed by atoms with Crippen LogP contribution in [0.3, 0.4) is 0 Å². The summed E-state index contributed by atoms with van der Waals surface area (Å²) < 4.78 is 0. The highest BCUT2D eigenvalue weighted by Crippen LogP contribution is 2.13. The maximum absolute atomic E-state index is 11.9. The molecule has 1 heterocycles. The zero-order valence-corrected chi connectivity index (χ0v) is 19.7. The van der Waals surface area contributed by atoms with Crippen LogP contribution in [-0.2, 0) is 4.79 Å². The summed E-state index contributed by atoms with van der Waals surface area (Å²) in [6, 6.07) is 0. The van der Waals surface area contributed by atoms with Gasteiger partial charge < -0.3 is 4.90 Å². The second-order valence-electron chi connectivity index (χ2n) is 9.30. The van der Waals surface area contributed by atoms with Gasteiger partial charge in [0.25, 0.3) is 0 Å². The Bertz CT molecular complexity index is 432. The number of hydrogen-bond acceptors (Lipinski definition) is 1. The average Bonchev–Trinajstić information content (AvgIpc) is 3.24. The molecule has 1 saturated heterocycles. The molecule has 29 heavy (non-hydrogen) atoms. The monoisotopic (exact) mass is 403 g/mol. The Kier molecular flexibility index (Phi) is 17.0. The zero-order chi connectivity index (χ0) is 21.0. The van der Waals surface area contributed by atoms with Crippen molar-refractivity contribution in [2.45, 2.75) is 123 Å². The summed E-state index contributed by atoms with van der Waals surface area (Å²) in [7, 11) is 0. The lowest BCUT2D eigenvalue weighted by Gasteiger charge is -2.14. The first kappa shape index (κ1) is 26.0. The van der Waals surface area contributed by atoms with Gasteiger partial charge in [0, 0.05) is 19.5 Å². The molecular formula is C27H49NO. The number of carbonyl (C=O) groups excluding carboxylic acids is 1. The predicted molar refractivity (Wildman–Crippen MR) is 128 cm³/mol. The van der Waals surface area contributed by atoms with Crippen molar-refractivity contribution in [1.29, 1.82) is 0 Å². The summed E-state index contributed by atoms with van der Waals surface area (Å²) in [4.78, 5) is 14.0. The van der Waals surface area contributed by atoms with Gasteiger partial charge in [0.2, 0.25) is 5.91 Å². The van der Waals surface area contributed by atoms with Gasteiger partial charge in [-0.15, -0.1) is 0 Å². The molecule has 0 aromatic rings. The molecule has 1 amide bonds. The zero-order valence-electron chi connectivity index (χ0n) is 19.7. The summed E-state index contributed by atoms with van der Waals surface area (Å²) in [5.74, 6) is 1.24. The normalized spacial score (nSPS) is 14.8. The minimum atomic E-state index is 0.362. The summed E-state index contributed by atoms with van der Waals surface area (Å²) >= 11 is 0. The standard InChI is InChI=1S/C27H49NO/c1-26(2)22-18-16-14-12-10-8-6-4-3-5-7-9-11-13-15-17-19-23-27(29)28-24-20-21-25-28/h5,7,13,15,26H,3-4,6,8-12,14,16-25H2,1-2H3. The fraction of sp³-hybridized carbons (Fsp3) is 0.815. The Morgan fingerprint density at radius 3 is 1.76 bits per heavy atom. The number of amides is 1. The fourth-order valence-electron chi connectivity index (χ4n) is 4.04. The van der Waals surface area contributed by atoms with Crippen molar-refractivity contribution in [1.82, 2.24) is 4.90 Å². The topological polar surface area (TPSA) is 20.3 Å². The third kappa shape index (κ3) is 16.4. The van der Waals surface area contributed by atoms with E-state index >= 15 is 0 Å². The molecule has 0 aliphatic carbocycles. The van der Waals surface area contributed by atoms with Crippen LogP contribution in [-0.4, -0.2) is 23.9 Å². The maximum atomic E-state index is 11.9. The molecule has 1 fully saturated rings. The van der Waals surface area contributed by atoms with E-state index in [0.29, 0.717) is 5.91 Å². The molecule has 0 aromatic heterocycles. The largest absolute Gasteiger partial charge is 0.343 e. The molecule has 0 saturated carbocycles. The third-order valence-electron chi connectivity index (χ3n) is 5.96. The van der Waals surface area contributed by atoms with Crippen molar-refractivity contribution in [3.05, 3.63) is 24.3 Å². The van der Waals surface area contributed by atoms with Gasteiger partial charge in [0.15, 0.2) is 0 Å². The number of hydrogen-bond donors (Lipinski definition) is 0. The Morgan fingerprint density at radius 1 is 0.690 bits per heavy atom. The highest BCUT2D eigenvalue weighted by molar-refractivity contribution is 5.76. The van der Waals surface area contributed by atoms with E-state index < -0.39 is 0 Å². The van der Waals surface area contributed by atoms with Gasteiger partial charge in [-0.2, -0.15) is 0 Å². The van der Waals surface area contributed by atoms with Gasteiger partial charge >= 0.3 is 0 Å². The van der Waals surface area contributed by atoms with Gasteiger partial charge in [0.1, 0.15) is 0 Å². The minimum absolute atomic E-state index is 0.362. The Hall–Kier alpha value is -1.05. The molecule has 0 aromatic carbocycles. The van der Waals surface area contributed by atoms with Crippen molar-refractivity contribution in [3.63, 3.8) is 0 Å². The van der Waals surface area contributed by atoms with E-state index in [0.717, 1.165) is 51.1 Å². The second kappa shape index (κ2) is 18.9. The lowest BCUT2D eigenvalue weighted by atomic mass is 10.0. The summed E-state index contributed by atoms with van der Waals surface area (Å²) in [5, 5.41) is 0. The smallest absolute Gasteiger partial charge is 0.222 e. The summed E-state index contributed by atoms with van der Waals surface area (Å²) in [6.45, 7) is 6.62. The molecule has 2 nitrogen and oxygen atoms in total. The van der Waals surface area contributed by atoms with Crippen LogP contribution in [0.1, 0.15) is 123 Å². The van der Waals surface area contributed by atoms with Crippen LogP contribution in [0.25, 0.3) is 0 Å². The van der Waals surface area contributed by atoms with Gasteiger partial charge in [0.05, 0.1) is 0 Å². The van der Waals surface area contributed by atoms with Crippen molar-refractivity contribution < 1.29 is 4.79 Å². The molecule has 0 unspecified atom stereocenters. The highest BCUT2D eigenvalue weighted by atomic mass is 16.2. The molecule has 0 spiro atoms. The number of unbranched alkanes of at least 4 members (excludes halogenated alkanes) is 10. The SMILES string of the molecule is CC(C)CCCCCCCCCCC=CCCC=CCCCC(=O)N1CCCC1. The van der Waals surface area contributed by atoms with E-state index in [1.54, 1.807) is 0 Å². The molecule has 0 atom stereocenters. The van der Waals surface area contributed by atoms with Crippen LogP contribution in [0.15, 0.2) is 24.3 Å². The fourth-order valence-corrected chi connectivity index (χ4v) is 4.04. The Labute approximate surface area is 182 Å². The number of carbonyl (C=O) groups is 1. The molecule has 168 valence electrons. The van der Waals surface area contributed by atoms with Crippen LogP contribution >= 0.6 is 0 Å². The first-order valence-corrected chi connectivity index (χ1v) is 12.8. The van der Waals surface area contributed by atoms with Crippen LogP contribution in [0, 0.1) is 5.92 Å². The molecule has 1 rings (SSSR count). The van der Waals surface area contributed by atoms with Gasteiger partial charge in [-0.1, -0.05) is 89.5 Å². The van der Waals surface area contributed by atoms with Gasteiger partial charge in [-0.25, -0.2) is 0 Å². The average molecular weight is 404 g/mol. The maximum Gasteiger partial charge on any atom is 0.222 e. The molecule has 1 aliphatic heterocycles. The van der Waals surface area contributed by atoms with Crippen LogP contribution < -0.4 is 0 Å². The highest BCUT2D eigenvalue weighted by Gasteiger charge is 2.16. The van der Waals surface area contributed by atoms with Crippen LogP contribution in [0.2, 0.25) is 0 Å². The van der Waals surface area contributed by atoms with Gasteiger partial charge in [-0.3, -0.25) is 4.79 Å². The Balaban J connectivity index is 1.77. The molecule has 0 radical (unpaired) electrons. The predicted octanol–water partition coefficient (Wildman–Crippen LogP) is 8.23. The third-order valence-corrected chi connectivity index (χ3v) is 5.96. The van der Waals surface area contributed by atoms with Crippen LogP contribution in [0.5, 0.6) is 0 Å². The lowest BCUT2D eigenvalue weighted by molar-refractivity contribution is -0.130. The van der Waals surface area contributed by atoms with E-state index in [-0.39, 0.29) is 0 Å². The molecule has 0 bridgehead atoms. The number of rotatable bonds is 18. The van der Waals surface area contributed by atoms with E-state index in [9.17, 15) is 4.79 Å². The van der Waals surface area contributed by atoms with Gasteiger partial charge in [-0.05, 0) is 57.3 Å². The molecule has 0 N–H and O–H groups in total. The number of allylic oxidation sites excluding steroid dienone is 4. The van der Waals surface area contributed by atoms with Crippen molar-refractivity contribution in [2.75, 3.05) is 13.1 Å².